The maximum Gasteiger partial charge on any atom is 0.223 e. The molecule has 1 aromatic rings. The molecule has 0 aliphatic rings. The van der Waals surface area contributed by atoms with Crippen molar-refractivity contribution in [3.05, 3.63) is 33.3 Å². The van der Waals surface area contributed by atoms with E-state index in [1.54, 1.807) is 19.0 Å². The average Bonchev–Trinajstić information content (AvgIpc) is 2.28. The Bertz CT molecular complexity index is 396. The fraction of sp³-hybridized carbons (Fsp3) is 0.417. The predicted octanol–water partition coefficient (Wildman–Crippen LogP) is 2.67. The molecule has 1 amide bonds. The highest BCUT2D eigenvalue weighted by Crippen LogP contribution is 2.22. The molecule has 1 aromatic carbocycles. The van der Waals surface area contributed by atoms with E-state index in [0.29, 0.717) is 18.0 Å². The van der Waals surface area contributed by atoms with Crippen molar-refractivity contribution in [2.45, 2.75) is 13.0 Å². The maximum absolute atomic E-state index is 11.3. The van der Waals surface area contributed by atoms with Crippen molar-refractivity contribution in [3.63, 3.8) is 0 Å². The van der Waals surface area contributed by atoms with Gasteiger partial charge in [0.1, 0.15) is 0 Å². The van der Waals surface area contributed by atoms with Crippen LogP contribution in [-0.2, 0) is 11.3 Å². The van der Waals surface area contributed by atoms with Crippen molar-refractivity contribution in [3.8, 4) is 0 Å². The molecule has 0 spiro atoms. The minimum atomic E-state index is 0.134. The number of nitrogens with zero attached hydrogens (tertiary/aromatic N) is 1. The van der Waals surface area contributed by atoms with E-state index in [9.17, 15) is 4.79 Å². The number of carbonyl (C=O) groups excluding carboxylic acids is 1. The summed E-state index contributed by atoms with van der Waals surface area (Å²) in [6, 6.07) is 5.80. The van der Waals surface area contributed by atoms with Gasteiger partial charge in [-0.1, -0.05) is 17.7 Å². The van der Waals surface area contributed by atoms with Crippen molar-refractivity contribution in [2.75, 3.05) is 20.6 Å². The number of amides is 1. The van der Waals surface area contributed by atoms with Gasteiger partial charge in [0, 0.05) is 38.1 Å². The van der Waals surface area contributed by atoms with Crippen molar-refractivity contribution in [1.82, 2.24) is 10.2 Å². The van der Waals surface area contributed by atoms with Crippen LogP contribution in [0.1, 0.15) is 12.0 Å². The van der Waals surface area contributed by atoms with Gasteiger partial charge in [0.2, 0.25) is 5.91 Å². The van der Waals surface area contributed by atoms with E-state index >= 15 is 0 Å². The molecular formula is C12H16BrClN2O. The fourth-order valence-electron chi connectivity index (χ4n) is 1.30. The van der Waals surface area contributed by atoms with Crippen LogP contribution >= 0.6 is 27.5 Å². The summed E-state index contributed by atoms with van der Waals surface area (Å²) in [5, 5.41) is 3.93. The first kappa shape index (κ1) is 14.5. The maximum atomic E-state index is 11.3. The van der Waals surface area contributed by atoms with E-state index in [0.717, 1.165) is 16.6 Å². The van der Waals surface area contributed by atoms with Crippen molar-refractivity contribution < 1.29 is 4.79 Å². The smallest absolute Gasteiger partial charge is 0.223 e. The monoisotopic (exact) mass is 318 g/mol. The van der Waals surface area contributed by atoms with E-state index in [1.807, 2.05) is 18.2 Å². The van der Waals surface area contributed by atoms with Gasteiger partial charge in [0.15, 0.2) is 0 Å². The zero-order chi connectivity index (χ0) is 12.8. The first-order valence-electron chi connectivity index (χ1n) is 5.35. The summed E-state index contributed by atoms with van der Waals surface area (Å²) in [5.41, 5.74) is 1.14. The second-order valence-electron chi connectivity index (χ2n) is 3.96. The molecule has 0 heterocycles. The Labute approximate surface area is 115 Å². The van der Waals surface area contributed by atoms with Crippen LogP contribution in [0.2, 0.25) is 5.02 Å². The summed E-state index contributed by atoms with van der Waals surface area (Å²) in [4.78, 5) is 12.9. The van der Waals surface area contributed by atoms with Crippen molar-refractivity contribution in [2.24, 2.45) is 0 Å². The summed E-state index contributed by atoms with van der Waals surface area (Å²) in [5.74, 6) is 0.134. The topological polar surface area (TPSA) is 32.3 Å². The largest absolute Gasteiger partial charge is 0.349 e. The predicted molar refractivity (Wildman–Crippen MR) is 74.2 cm³/mol. The summed E-state index contributed by atoms with van der Waals surface area (Å²) >= 11 is 9.28. The molecule has 0 saturated heterocycles. The molecule has 1 N–H and O–H groups in total. The van der Waals surface area contributed by atoms with Gasteiger partial charge in [-0.15, -0.1) is 0 Å². The minimum absolute atomic E-state index is 0.134. The second kappa shape index (κ2) is 6.99. The molecule has 0 bridgehead atoms. The molecule has 0 aromatic heterocycles. The van der Waals surface area contributed by atoms with E-state index in [4.69, 9.17) is 11.6 Å². The minimum Gasteiger partial charge on any atom is -0.349 e. The van der Waals surface area contributed by atoms with Gasteiger partial charge in [-0.3, -0.25) is 4.79 Å². The second-order valence-corrected chi connectivity index (χ2v) is 5.22. The number of nitrogens with one attached hydrogen (secondary N) is 1. The molecule has 0 saturated carbocycles. The molecule has 0 aliphatic heterocycles. The van der Waals surface area contributed by atoms with Gasteiger partial charge in [0.05, 0.1) is 5.02 Å². The van der Waals surface area contributed by atoms with Crippen molar-refractivity contribution in [1.29, 1.82) is 0 Å². The van der Waals surface area contributed by atoms with Crippen molar-refractivity contribution >= 4 is 33.4 Å². The van der Waals surface area contributed by atoms with Gasteiger partial charge < -0.3 is 10.2 Å². The average molecular weight is 320 g/mol. The number of hydrogen-bond acceptors (Lipinski definition) is 2. The van der Waals surface area contributed by atoms with Gasteiger partial charge in [-0.2, -0.15) is 0 Å². The van der Waals surface area contributed by atoms with E-state index in [-0.39, 0.29) is 5.91 Å². The van der Waals surface area contributed by atoms with E-state index < -0.39 is 0 Å². The van der Waals surface area contributed by atoms with Gasteiger partial charge in [-0.25, -0.2) is 0 Å². The van der Waals surface area contributed by atoms with E-state index in [1.165, 1.54) is 0 Å². The fourth-order valence-corrected chi connectivity index (χ4v) is 1.85. The summed E-state index contributed by atoms with van der Waals surface area (Å²) < 4.78 is 0.892. The molecule has 5 heteroatoms. The zero-order valence-corrected chi connectivity index (χ0v) is 12.3. The molecule has 3 nitrogen and oxygen atoms in total. The van der Waals surface area contributed by atoms with Crippen LogP contribution in [0.5, 0.6) is 0 Å². The molecule has 1 rings (SSSR count). The van der Waals surface area contributed by atoms with Gasteiger partial charge in [0.25, 0.3) is 0 Å². The Morgan fingerprint density at radius 2 is 2.18 bits per heavy atom. The number of halogens is 2. The SMILES string of the molecule is CN(C)C(=O)CCNCc1ccc(Cl)c(Br)c1. The Morgan fingerprint density at radius 1 is 1.47 bits per heavy atom. The van der Waals surface area contributed by atoms with Crippen LogP contribution in [0.3, 0.4) is 0 Å². The molecule has 94 valence electrons. The number of carbonyl (C=O) groups is 1. The van der Waals surface area contributed by atoms with Gasteiger partial charge >= 0.3 is 0 Å². The first-order valence-corrected chi connectivity index (χ1v) is 6.52. The lowest BCUT2D eigenvalue weighted by Gasteiger charge is -2.10. The lowest BCUT2D eigenvalue weighted by atomic mass is 10.2. The highest BCUT2D eigenvalue weighted by molar-refractivity contribution is 9.10. The molecule has 0 radical (unpaired) electrons. The Kier molecular flexibility index (Phi) is 5.95. The van der Waals surface area contributed by atoms with Crippen LogP contribution < -0.4 is 5.32 Å². The van der Waals surface area contributed by atoms with Crippen LogP contribution in [0, 0.1) is 0 Å². The third-order valence-corrected chi connectivity index (χ3v) is 3.54. The number of rotatable bonds is 5. The van der Waals surface area contributed by atoms with Crippen LogP contribution in [-0.4, -0.2) is 31.4 Å². The number of hydrogen-bond donors (Lipinski definition) is 1. The molecular weight excluding hydrogens is 304 g/mol. The normalized spacial score (nSPS) is 10.4. The van der Waals surface area contributed by atoms with E-state index in [2.05, 4.69) is 21.2 Å². The highest BCUT2D eigenvalue weighted by Gasteiger charge is 2.03. The molecule has 0 aliphatic carbocycles. The van der Waals surface area contributed by atoms with Crippen LogP contribution in [0.4, 0.5) is 0 Å². The van der Waals surface area contributed by atoms with Crippen LogP contribution in [0.25, 0.3) is 0 Å². The Balaban J connectivity index is 2.31. The third kappa shape index (κ3) is 5.06. The zero-order valence-electron chi connectivity index (χ0n) is 9.96. The summed E-state index contributed by atoms with van der Waals surface area (Å²) in [6.07, 6.45) is 0.516. The standard InChI is InChI=1S/C12H16BrClN2O/c1-16(2)12(17)5-6-15-8-9-3-4-11(14)10(13)7-9/h3-4,7,15H,5-6,8H2,1-2H3. The Hall–Kier alpha value is -0.580. The Morgan fingerprint density at radius 3 is 2.76 bits per heavy atom. The number of benzene rings is 1. The first-order chi connectivity index (χ1) is 8.00. The lowest BCUT2D eigenvalue weighted by molar-refractivity contribution is -0.128. The molecule has 17 heavy (non-hydrogen) atoms. The summed E-state index contributed by atoms with van der Waals surface area (Å²) in [7, 11) is 3.53. The third-order valence-electron chi connectivity index (χ3n) is 2.33. The molecule has 0 fully saturated rings. The quantitative estimate of drug-likeness (QED) is 0.846. The summed E-state index contributed by atoms with van der Waals surface area (Å²) in [6.45, 7) is 1.41. The molecule has 0 unspecified atom stereocenters. The lowest BCUT2D eigenvalue weighted by Crippen LogP contribution is -2.26. The van der Waals surface area contributed by atoms with Gasteiger partial charge in [-0.05, 0) is 33.6 Å². The van der Waals surface area contributed by atoms with Crippen LogP contribution in [0.15, 0.2) is 22.7 Å². The molecule has 0 atom stereocenters. The highest BCUT2D eigenvalue weighted by atomic mass is 79.9.